The number of rotatable bonds is 6. The molecule has 1 aromatic heterocycles. The molecule has 0 bridgehead atoms. The smallest absolute Gasteiger partial charge is 0.263 e. The van der Waals surface area contributed by atoms with Crippen LogP contribution in [0.4, 0.5) is 24.5 Å². The number of amidine groups is 1. The second-order valence-electron chi connectivity index (χ2n) is 7.28. The maximum absolute atomic E-state index is 14.0. The molecule has 0 unspecified atom stereocenters. The molecule has 3 rings (SSSR count). The van der Waals surface area contributed by atoms with Crippen LogP contribution >= 0.6 is 0 Å². The first-order valence-corrected chi connectivity index (χ1v) is 10.5. The minimum absolute atomic E-state index is 0.0622. The number of nitrogens with zero attached hydrogens (tertiary/aromatic N) is 5. The van der Waals surface area contributed by atoms with Crippen molar-refractivity contribution in [3.05, 3.63) is 66.3 Å². The first-order chi connectivity index (χ1) is 16.4. The number of morpholine rings is 1. The third-order valence-electron chi connectivity index (χ3n) is 4.86. The van der Waals surface area contributed by atoms with E-state index in [4.69, 9.17) is 4.74 Å². The normalized spacial score (nSPS) is 15.5. The minimum Gasteiger partial charge on any atom is -0.378 e. The number of halogens is 3. The second-order valence-corrected chi connectivity index (χ2v) is 7.28. The Morgan fingerprint density at radius 3 is 2.56 bits per heavy atom. The van der Waals surface area contributed by atoms with Gasteiger partial charge in [0, 0.05) is 31.4 Å². The number of hydrogen-bond acceptors (Lipinski definition) is 5. The molecule has 34 heavy (non-hydrogen) atoms. The Balaban J connectivity index is 1.67. The third kappa shape index (κ3) is 6.88. The number of hydrogen-bond donors (Lipinski definition) is 2. The van der Waals surface area contributed by atoms with E-state index >= 15 is 0 Å². The van der Waals surface area contributed by atoms with Crippen LogP contribution in [-0.4, -0.2) is 60.7 Å². The van der Waals surface area contributed by atoms with Gasteiger partial charge in [0.25, 0.3) is 6.43 Å². The van der Waals surface area contributed by atoms with Crippen molar-refractivity contribution in [3.8, 4) is 0 Å². The van der Waals surface area contributed by atoms with Crippen molar-refractivity contribution in [1.29, 1.82) is 0 Å². The maximum Gasteiger partial charge on any atom is 0.263 e. The summed E-state index contributed by atoms with van der Waals surface area (Å²) in [4.78, 5) is 14.3. The molecule has 2 heterocycles. The van der Waals surface area contributed by atoms with E-state index in [-0.39, 0.29) is 17.4 Å². The highest BCUT2D eigenvalue weighted by Crippen LogP contribution is 2.23. The average Bonchev–Trinajstić information content (AvgIpc) is 2.85. The highest BCUT2D eigenvalue weighted by Gasteiger charge is 2.18. The van der Waals surface area contributed by atoms with Gasteiger partial charge in [-0.1, -0.05) is 18.7 Å². The maximum atomic E-state index is 14.0. The lowest BCUT2D eigenvalue weighted by Crippen LogP contribution is -2.41. The van der Waals surface area contributed by atoms with Crippen LogP contribution in [0.25, 0.3) is 0 Å². The Bertz CT molecular complexity index is 1080. The molecule has 1 aliphatic rings. The summed E-state index contributed by atoms with van der Waals surface area (Å²) in [6.07, 6.45) is -0.970. The molecule has 2 aromatic rings. The van der Waals surface area contributed by atoms with E-state index < -0.39 is 12.3 Å². The summed E-state index contributed by atoms with van der Waals surface area (Å²) in [5, 5.41) is 7.28. The van der Waals surface area contributed by atoms with Crippen LogP contribution in [-0.2, 0) is 4.74 Å². The van der Waals surface area contributed by atoms with E-state index in [1.54, 1.807) is 42.3 Å². The second kappa shape index (κ2) is 11.9. The molecule has 180 valence electrons. The third-order valence-corrected chi connectivity index (χ3v) is 4.86. The zero-order chi connectivity index (χ0) is 24.5. The van der Waals surface area contributed by atoms with E-state index in [9.17, 15) is 13.2 Å². The fraction of sp³-hybridized carbons (Fsp3) is 0.304. The summed E-state index contributed by atoms with van der Waals surface area (Å²) < 4.78 is 45.0. The first kappa shape index (κ1) is 24.9. The van der Waals surface area contributed by atoms with Gasteiger partial charge in [-0.15, -0.1) is 0 Å². The van der Waals surface area contributed by atoms with Crippen molar-refractivity contribution < 1.29 is 17.9 Å². The number of guanidine groups is 1. The van der Waals surface area contributed by atoms with Crippen LogP contribution in [0.2, 0.25) is 0 Å². The number of anilines is 2. The van der Waals surface area contributed by atoms with E-state index in [1.807, 2.05) is 0 Å². The molecule has 1 aromatic carbocycles. The molecule has 1 saturated heterocycles. The Morgan fingerprint density at radius 1 is 1.18 bits per heavy atom. The summed E-state index contributed by atoms with van der Waals surface area (Å²) in [7, 11) is 1.51. The lowest BCUT2D eigenvalue weighted by atomic mass is 10.2. The van der Waals surface area contributed by atoms with Crippen LogP contribution in [0.3, 0.4) is 0 Å². The Kier molecular flexibility index (Phi) is 8.74. The van der Waals surface area contributed by atoms with Gasteiger partial charge in [-0.05, 0) is 31.2 Å². The van der Waals surface area contributed by atoms with Gasteiger partial charge in [0.15, 0.2) is 11.7 Å². The van der Waals surface area contributed by atoms with Crippen LogP contribution in [0.5, 0.6) is 0 Å². The van der Waals surface area contributed by atoms with Gasteiger partial charge in [-0.25, -0.2) is 18.6 Å². The molecule has 0 amide bonds. The molecule has 0 radical (unpaired) electrons. The van der Waals surface area contributed by atoms with E-state index in [0.29, 0.717) is 49.1 Å². The van der Waals surface area contributed by atoms with Crippen molar-refractivity contribution in [3.63, 3.8) is 0 Å². The molecule has 0 atom stereocenters. The van der Waals surface area contributed by atoms with Crippen molar-refractivity contribution >= 4 is 28.9 Å². The molecule has 0 aliphatic carbocycles. The lowest BCUT2D eigenvalue weighted by molar-refractivity contribution is 0.0678. The van der Waals surface area contributed by atoms with E-state index in [0.717, 1.165) is 0 Å². The molecule has 1 aliphatic heterocycles. The van der Waals surface area contributed by atoms with Crippen molar-refractivity contribution in [2.24, 2.45) is 15.1 Å². The zero-order valence-corrected chi connectivity index (χ0v) is 18.9. The number of ether oxygens (including phenoxy) is 1. The summed E-state index contributed by atoms with van der Waals surface area (Å²) >= 11 is 0. The van der Waals surface area contributed by atoms with Gasteiger partial charge < -0.3 is 15.0 Å². The standard InChI is InChI=1S/C23H26F3N7O/c1-15(24)22(33-9-11-34-12-10-33)30-23(27-3)32-31-16(2)20-8-7-19(14-28-20)29-18-6-4-5-17(13-18)21(25)26/h4-8,13-14,21,29H,1,9-12H2,2-3H3,(H,27,32)/b30-22?,31-16+. The first-order valence-electron chi connectivity index (χ1n) is 10.5. The van der Waals surface area contributed by atoms with E-state index in [1.165, 1.54) is 19.2 Å². The SMILES string of the molecule is C=C(F)C(=NC(=NC)N/N=C(\C)c1ccc(Nc2cccc(C(F)F)c2)cn1)N1CCOCC1. The van der Waals surface area contributed by atoms with Crippen molar-refractivity contribution in [2.75, 3.05) is 38.7 Å². The van der Waals surface area contributed by atoms with Crippen LogP contribution in [0.15, 0.2) is 70.1 Å². The number of pyridine rings is 1. The van der Waals surface area contributed by atoms with Gasteiger partial charge >= 0.3 is 0 Å². The van der Waals surface area contributed by atoms with E-state index in [2.05, 4.69) is 37.4 Å². The number of nitrogens with one attached hydrogen (secondary N) is 2. The van der Waals surface area contributed by atoms with Crippen LogP contribution in [0, 0.1) is 0 Å². The number of hydrazone groups is 1. The Morgan fingerprint density at radius 2 is 1.94 bits per heavy atom. The molecule has 0 saturated carbocycles. The quantitative estimate of drug-likeness (QED) is 0.372. The lowest BCUT2D eigenvalue weighted by Gasteiger charge is -2.28. The number of aromatic nitrogens is 1. The fourth-order valence-electron chi connectivity index (χ4n) is 3.10. The summed E-state index contributed by atoms with van der Waals surface area (Å²) in [6, 6.07) is 9.50. The summed E-state index contributed by atoms with van der Waals surface area (Å²) in [5.41, 5.74) is 4.93. The number of aliphatic imine (C=N–C) groups is 2. The van der Waals surface area contributed by atoms with Gasteiger partial charge in [0.05, 0.1) is 36.5 Å². The molecular formula is C23H26F3N7O. The predicted octanol–water partition coefficient (Wildman–Crippen LogP) is 4.28. The fourth-order valence-corrected chi connectivity index (χ4v) is 3.10. The monoisotopic (exact) mass is 473 g/mol. The summed E-state index contributed by atoms with van der Waals surface area (Å²) in [5.74, 6) is -0.486. The minimum atomic E-state index is -2.54. The molecule has 2 N–H and O–H groups in total. The Labute approximate surface area is 196 Å². The van der Waals surface area contributed by atoms with Crippen LogP contribution in [0.1, 0.15) is 24.6 Å². The molecule has 0 spiro atoms. The number of benzene rings is 1. The average molecular weight is 474 g/mol. The highest BCUT2D eigenvalue weighted by atomic mass is 19.3. The van der Waals surface area contributed by atoms with Gasteiger partial charge in [-0.2, -0.15) is 10.1 Å². The van der Waals surface area contributed by atoms with Crippen LogP contribution < -0.4 is 10.7 Å². The predicted molar refractivity (Wildman–Crippen MR) is 128 cm³/mol. The summed E-state index contributed by atoms with van der Waals surface area (Å²) in [6.45, 7) is 7.05. The zero-order valence-electron chi connectivity index (χ0n) is 18.9. The van der Waals surface area contributed by atoms with Gasteiger partial charge in [-0.3, -0.25) is 9.98 Å². The van der Waals surface area contributed by atoms with Gasteiger partial charge in [0.1, 0.15) is 0 Å². The molecule has 11 heteroatoms. The molecule has 1 fully saturated rings. The van der Waals surface area contributed by atoms with Crippen molar-refractivity contribution in [2.45, 2.75) is 13.3 Å². The highest BCUT2D eigenvalue weighted by molar-refractivity contribution is 6.04. The Hall–Kier alpha value is -3.73. The largest absolute Gasteiger partial charge is 0.378 e. The molecular weight excluding hydrogens is 447 g/mol. The molecule has 8 nitrogen and oxygen atoms in total. The van der Waals surface area contributed by atoms with Gasteiger partial charge in [0.2, 0.25) is 5.96 Å². The topological polar surface area (TPSA) is 86.5 Å². The number of alkyl halides is 2. The van der Waals surface area contributed by atoms with Crippen molar-refractivity contribution in [1.82, 2.24) is 15.3 Å².